The molecule has 2 heteroatoms. The summed E-state index contributed by atoms with van der Waals surface area (Å²) in [4.78, 5) is 12.1. The normalized spacial score (nSPS) is 10.4. The first-order chi connectivity index (χ1) is 8.56. The molecule has 0 aliphatic carbocycles. The van der Waals surface area contributed by atoms with Gasteiger partial charge in [-0.1, -0.05) is 47.5 Å². The third-order valence-corrected chi connectivity index (χ3v) is 3.25. The topological polar surface area (TPSA) is 17.1 Å². The molecule has 0 fully saturated rings. The minimum absolute atomic E-state index is 0.101. The molecule has 2 aromatic carbocycles. The van der Waals surface area contributed by atoms with Crippen molar-refractivity contribution >= 4 is 17.4 Å². The number of hydrogen-bond donors (Lipinski definition) is 0. The van der Waals surface area contributed by atoms with Gasteiger partial charge in [-0.2, -0.15) is 0 Å². The molecule has 0 saturated heterocycles. The number of carbonyl (C=O) groups is 1. The van der Waals surface area contributed by atoms with Crippen molar-refractivity contribution in [2.75, 3.05) is 0 Å². The summed E-state index contributed by atoms with van der Waals surface area (Å²) in [7, 11) is 0. The van der Waals surface area contributed by atoms with E-state index in [0.717, 1.165) is 22.3 Å². The van der Waals surface area contributed by atoms with Gasteiger partial charge in [0.25, 0.3) is 0 Å². The van der Waals surface area contributed by atoms with E-state index in [1.165, 1.54) is 0 Å². The van der Waals surface area contributed by atoms with Crippen molar-refractivity contribution in [1.82, 2.24) is 0 Å². The first-order valence-corrected chi connectivity index (χ1v) is 6.29. The number of ketones is 1. The molecular formula is C16H15ClO. The standard InChI is InChI=1S/C16H15ClO/c1-11-4-3-5-14(8-11)16(18)10-13-7-6-12(2)9-15(13)17/h3-9H,10H2,1-2H3. The minimum atomic E-state index is 0.101. The molecule has 0 aliphatic heterocycles. The Hall–Kier alpha value is -1.60. The molecule has 0 amide bonds. The Kier molecular flexibility index (Phi) is 3.83. The highest BCUT2D eigenvalue weighted by Gasteiger charge is 2.09. The fourth-order valence-electron chi connectivity index (χ4n) is 1.89. The Labute approximate surface area is 112 Å². The number of benzene rings is 2. The van der Waals surface area contributed by atoms with E-state index in [4.69, 9.17) is 11.6 Å². The van der Waals surface area contributed by atoms with E-state index >= 15 is 0 Å². The van der Waals surface area contributed by atoms with Gasteiger partial charge in [0.05, 0.1) is 0 Å². The summed E-state index contributed by atoms with van der Waals surface area (Å²) in [6.45, 7) is 3.97. The van der Waals surface area contributed by atoms with Gasteiger partial charge in [-0.15, -0.1) is 0 Å². The number of Topliss-reactive ketones (excluding diaryl/α,β-unsaturated/α-hetero) is 1. The molecule has 18 heavy (non-hydrogen) atoms. The lowest BCUT2D eigenvalue weighted by Crippen LogP contribution is -2.04. The van der Waals surface area contributed by atoms with Crippen molar-refractivity contribution in [2.45, 2.75) is 20.3 Å². The lowest BCUT2D eigenvalue weighted by molar-refractivity contribution is 0.0993. The Morgan fingerprint density at radius 3 is 2.44 bits per heavy atom. The van der Waals surface area contributed by atoms with Crippen LogP contribution in [0, 0.1) is 13.8 Å². The van der Waals surface area contributed by atoms with Crippen molar-refractivity contribution in [3.8, 4) is 0 Å². The van der Waals surface area contributed by atoms with Gasteiger partial charge in [0, 0.05) is 17.0 Å². The molecule has 0 N–H and O–H groups in total. The largest absolute Gasteiger partial charge is 0.294 e. The summed E-state index contributed by atoms with van der Waals surface area (Å²) >= 11 is 6.14. The van der Waals surface area contributed by atoms with E-state index < -0.39 is 0 Å². The van der Waals surface area contributed by atoms with Gasteiger partial charge in [-0.3, -0.25) is 4.79 Å². The van der Waals surface area contributed by atoms with Crippen molar-refractivity contribution in [2.24, 2.45) is 0 Å². The van der Waals surface area contributed by atoms with E-state index in [-0.39, 0.29) is 5.78 Å². The summed E-state index contributed by atoms with van der Waals surface area (Å²) in [6.07, 6.45) is 0.350. The average Bonchev–Trinajstić information content (AvgIpc) is 2.32. The Morgan fingerprint density at radius 1 is 1.06 bits per heavy atom. The number of carbonyl (C=O) groups excluding carboxylic acids is 1. The number of halogens is 1. The van der Waals surface area contributed by atoms with Crippen LogP contribution in [-0.2, 0) is 6.42 Å². The van der Waals surface area contributed by atoms with Crippen LogP contribution in [0.1, 0.15) is 27.0 Å². The zero-order valence-electron chi connectivity index (χ0n) is 10.5. The van der Waals surface area contributed by atoms with E-state index in [9.17, 15) is 4.79 Å². The van der Waals surface area contributed by atoms with Crippen LogP contribution in [0.25, 0.3) is 0 Å². The molecular weight excluding hydrogens is 244 g/mol. The molecule has 1 nitrogen and oxygen atoms in total. The predicted molar refractivity (Wildman–Crippen MR) is 75.4 cm³/mol. The Bertz CT molecular complexity index is 587. The maximum atomic E-state index is 12.1. The van der Waals surface area contributed by atoms with E-state index in [1.54, 1.807) is 0 Å². The molecule has 0 atom stereocenters. The second-order valence-corrected chi connectivity index (χ2v) is 4.97. The van der Waals surface area contributed by atoms with Crippen LogP contribution in [-0.4, -0.2) is 5.78 Å². The van der Waals surface area contributed by atoms with Gasteiger partial charge in [0.15, 0.2) is 5.78 Å². The quantitative estimate of drug-likeness (QED) is 0.747. The van der Waals surface area contributed by atoms with Gasteiger partial charge < -0.3 is 0 Å². The Morgan fingerprint density at radius 2 is 1.78 bits per heavy atom. The first-order valence-electron chi connectivity index (χ1n) is 5.91. The second-order valence-electron chi connectivity index (χ2n) is 4.56. The van der Waals surface area contributed by atoms with Crippen LogP contribution in [0.2, 0.25) is 5.02 Å². The highest BCUT2D eigenvalue weighted by molar-refractivity contribution is 6.31. The van der Waals surface area contributed by atoms with Gasteiger partial charge >= 0.3 is 0 Å². The van der Waals surface area contributed by atoms with Gasteiger partial charge in [-0.05, 0) is 37.1 Å². The van der Waals surface area contributed by atoms with Crippen LogP contribution in [0.4, 0.5) is 0 Å². The third kappa shape index (κ3) is 2.99. The monoisotopic (exact) mass is 258 g/mol. The summed E-state index contributed by atoms with van der Waals surface area (Å²) in [5.74, 6) is 0.101. The fourth-order valence-corrected chi connectivity index (χ4v) is 2.19. The number of hydrogen-bond acceptors (Lipinski definition) is 1. The van der Waals surface area contributed by atoms with Gasteiger partial charge in [-0.25, -0.2) is 0 Å². The molecule has 0 spiro atoms. The first kappa shape index (κ1) is 12.8. The van der Waals surface area contributed by atoms with Crippen LogP contribution >= 0.6 is 11.6 Å². The molecule has 92 valence electrons. The van der Waals surface area contributed by atoms with Crippen molar-refractivity contribution in [3.05, 3.63) is 69.7 Å². The minimum Gasteiger partial charge on any atom is -0.294 e. The zero-order valence-corrected chi connectivity index (χ0v) is 11.3. The summed E-state index contributed by atoms with van der Waals surface area (Å²) in [6, 6.07) is 13.4. The zero-order chi connectivity index (χ0) is 13.1. The average molecular weight is 259 g/mol. The second kappa shape index (κ2) is 5.36. The van der Waals surface area contributed by atoms with Crippen LogP contribution in [0.3, 0.4) is 0 Å². The molecule has 0 bridgehead atoms. The lowest BCUT2D eigenvalue weighted by atomic mass is 10.0. The highest BCUT2D eigenvalue weighted by atomic mass is 35.5. The summed E-state index contributed by atoms with van der Waals surface area (Å²) in [5, 5.41) is 0.663. The van der Waals surface area contributed by atoms with E-state index in [0.29, 0.717) is 11.4 Å². The third-order valence-electron chi connectivity index (χ3n) is 2.90. The summed E-state index contributed by atoms with van der Waals surface area (Å²) < 4.78 is 0. The summed E-state index contributed by atoms with van der Waals surface area (Å²) in [5.41, 5.74) is 3.82. The van der Waals surface area contributed by atoms with Gasteiger partial charge in [0.1, 0.15) is 0 Å². The predicted octanol–water partition coefficient (Wildman–Crippen LogP) is 4.38. The molecule has 0 saturated carbocycles. The fraction of sp³-hybridized carbons (Fsp3) is 0.188. The van der Waals surface area contributed by atoms with E-state index in [1.807, 2.05) is 56.3 Å². The number of rotatable bonds is 3. The number of aryl methyl sites for hydroxylation is 2. The maximum Gasteiger partial charge on any atom is 0.167 e. The van der Waals surface area contributed by atoms with Crippen LogP contribution in [0.15, 0.2) is 42.5 Å². The molecule has 0 heterocycles. The molecule has 0 radical (unpaired) electrons. The maximum absolute atomic E-state index is 12.1. The van der Waals surface area contributed by atoms with Crippen molar-refractivity contribution in [3.63, 3.8) is 0 Å². The van der Waals surface area contributed by atoms with Crippen molar-refractivity contribution in [1.29, 1.82) is 0 Å². The van der Waals surface area contributed by atoms with Gasteiger partial charge in [0.2, 0.25) is 0 Å². The van der Waals surface area contributed by atoms with Crippen LogP contribution < -0.4 is 0 Å². The molecule has 0 aliphatic rings. The molecule has 2 aromatic rings. The molecule has 0 unspecified atom stereocenters. The SMILES string of the molecule is Cc1cccc(C(=O)Cc2ccc(C)cc2Cl)c1. The van der Waals surface area contributed by atoms with Crippen molar-refractivity contribution < 1.29 is 4.79 Å². The lowest BCUT2D eigenvalue weighted by Gasteiger charge is -2.05. The van der Waals surface area contributed by atoms with E-state index in [2.05, 4.69) is 0 Å². The Balaban J connectivity index is 2.21. The molecule has 2 rings (SSSR count). The van der Waals surface area contributed by atoms with Crippen LogP contribution in [0.5, 0.6) is 0 Å². The smallest absolute Gasteiger partial charge is 0.167 e. The molecule has 0 aromatic heterocycles. The highest BCUT2D eigenvalue weighted by Crippen LogP contribution is 2.19.